The molecule has 11 heteroatoms. The number of hydrogen-bond acceptors (Lipinski definition) is 6. The molecule has 4 aromatic rings. The van der Waals surface area contributed by atoms with Crippen LogP contribution in [-0.2, 0) is 30.2 Å². The number of ketones is 1. The summed E-state index contributed by atoms with van der Waals surface area (Å²) in [5, 5.41) is 0. The van der Waals surface area contributed by atoms with Gasteiger partial charge in [0, 0.05) is 63.3 Å². The van der Waals surface area contributed by atoms with Gasteiger partial charge in [-0.15, -0.1) is 0 Å². The molecule has 0 unspecified atom stereocenters. The van der Waals surface area contributed by atoms with Crippen molar-refractivity contribution >= 4 is 23.4 Å². The molecule has 1 aliphatic heterocycles. The number of alkyl halides is 3. The van der Waals surface area contributed by atoms with Gasteiger partial charge in [0.25, 0.3) is 5.91 Å². The second-order valence-electron chi connectivity index (χ2n) is 11.9. The van der Waals surface area contributed by atoms with E-state index in [1.807, 2.05) is 43.1 Å². The molecule has 0 bridgehead atoms. The van der Waals surface area contributed by atoms with Gasteiger partial charge in [0.2, 0.25) is 5.91 Å². The number of hydrogen-bond donors (Lipinski definition) is 0. The summed E-state index contributed by atoms with van der Waals surface area (Å²) in [6.07, 6.45) is -2.70. The van der Waals surface area contributed by atoms with Crippen molar-refractivity contribution in [3.63, 3.8) is 0 Å². The van der Waals surface area contributed by atoms with Gasteiger partial charge < -0.3 is 9.80 Å². The van der Waals surface area contributed by atoms with E-state index in [4.69, 9.17) is 0 Å². The number of carbonyl (C=O) groups excluding carboxylic acids is 3. The fourth-order valence-corrected chi connectivity index (χ4v) is 5.42. The van der Waals surface area contributed by atoms with E-state index in [9.17, 15) is 27.6 Å². The van der Waals surface area contributed by atoms with Gasteiger partial charge in [-0.05, 0) is 60.5 Å². The zero-order valence-corrected chi connectivity index (χ0v) is 26.6. The first kappa shape index (κ1) is 33.5. The van der Waals surface area contributed by atoms with E-state index in [0.717, 1.165) is 36.3 Å². The first-order valence-electron chi connectivity index (χ1n) is 15.3. The molecule has 5 rings (SSSR count). The molecule has 0 aliphatic carbocycles. The first-order valence-corrected chi connectivity index (χ1v) is 15.3. The molecule has 0 spiro atoms. The molecule has 1 fully saturated rings. The maximum absolute atomic E-state index is 13.3. The van der Waals surface area contributed by atoms with Crippen molar-refractivity contribution in [1.82, 2.24) is 19.8 Å². The summed E-state index contributed by atoms with van der Waals surface area (Å²) < 4.78 is 39.4. The van der Waals surface area contributed by atoms with Crippen molar-refractivity contribution in [2.45, 2.75) is 32.4 Å². The van der Waals surface area contributed by atoms with Crippen LogP contribution in [0.5, 0.6) is 0 Å². The molecular weight excluding hydrogens is 607 g/mol. The smallest absolute Gasteiger partial charge is 0.336 e. The van der Waals surface area contributed by atoms with E-state index in [-0.39, 0.29) is 30.2 Å². The monoisotopic (exact) mass is 643 g/mol. The summed E-state index contributed by atoms with van der Waals surface area (Å²) in [7, 11) is 3.68. The molecule has 0 saturated carbocycles. The standard InChI is InChI=1S/C36H36F3N5O3/c1-24-7-8-26(19-32(45)28-5-4-6-30(20-28)36(37,38)39)17-29(24)21-34(46)43(3)33-22-31(40-23-41-33)18-25-9-11-27(12-10-25)35(47)44-15-13-42(2)14-16-44/h4-12,17,20,22-23H,13-16,18-19,21H2,1-3H3. The van der Waals surface area contributed by atoms with Crippen LogP contribution >= 0.6 is 0 Å². The van der Waals surface area contributed by atoms with Crippen molar-refractivity contribution in [1.29, 1.82) is 0 Å². The summed E-state index contributed by atoms with van der Waals surface area (Å²) in [4.78, 5) is 53.2. The van der Waals surface area contributed by atoms with Crippen LogP contribution in [-0.4, -0.2) is 77.6 Å². The average Bonchev–Trinajstić information content (AvgIpc) is 3.06. The maximum Gasteiger partial charge on any atom is 0.416 e. The molecule has 8 nitrogen and oxygen atoms in total. The minimum Gasteiger partial charge on any atom is -0.336 e. The summed E-state index contributed by atoms with van der Waals surface area (Å²) in [6, 6.07) is 18.9. The quantitative estimate of drug-likeness (QED) is 0.227. The van der Waals surface area contributed by atoms with Crippen molar-refractivity contribution < 1.29 is 27.6 Å². The van der Waals surface area contributed by atoms with Crippen LogP contribution in [0, 0.1) is 6.92 Å². The molecule has 1 saturated heterocycles. The third kappa shape index (κ3) is 8.48. The Bertz CT molecular complexity index is 1770. The molecule has 2 amide bonds. The fourth-order valence-electron chi connectivity index (χ4n) is 5.42. The third-order valence-corrected chi connectivity index (χ3v) is 8.44. The molecule has 0 N–H and O–H groups in total. The number of likely N-dealkylation sites (N-methyl/N-ethyl adjacent to an activating group) is 2. The van der Waals surface area contributed by atoms with Gasteiger partial charge >= 0.3 is 6.18 Å². The van der Waals surface area contributed by atoms with E-state index in [2.05, 4.69) is 14.9 Å². The minimum atomic E-state index is -4.54. The number of benzene rings is 3. The molecule has 47 heavy (non-hydrogen) atoms. The number of rotatable bonds is 9. The van der Waals surface area contributed by atoms with E-state index in [1.54, 1.807) is 31.3 Å². The van der Waals surface area contributed by atoms with Gasteiger partial charge in [-0.3, -0.25) is 19.3 Å². The number of Topliss-reactive ketones (excluding diaryl/α,β-unsaturated/α-hetero) is 1. The highest BCUT2D eigenvalue weighted by Crippen LogP contribution is 2.30. The van der Waals surface area contributed by atoms with E-state index >= 15 is 0 Å². The predicted molar refractivity (Wildman–Crippen MR) is 172 cm³/mol. The van der Waals surface area contributed by atoms with Gasteiger partial charge in [0.05, 0.1) is 17.7 Å². The van der Waals surface area contributed by atoms with Crippen LogP contribution in [0.2, 0.25) is 0 Å². The van der Waals surface area contributed by atoms with E-state index in [0.29, 0.717) is 47.7 Å². The lowest BCUT2D eigenvalue weighted by atomic mass is 9.96. The second kappa shape index (κ2) is 14.3. The van der Waals surface area contributed by atoms with E-state index in [1.165, 1.54) is 23.4 Å². The summed E-state index contributed by atoms with van der Waals surface area (Å²) in [6.45, 7) is 4.99. The van der Waals surface area contributed by atoms with Crippen LogP contribution in [0.4, 0.5) is 19.0 Å². The lowest BCUT2D eigenvalue weighted by Gasteiger charge is -2.32. The van der Waals surface area contributed by atoms with Gasteiger partial charge in [0.1, 0.15) is 12.1 Å². The van der Waals surface area contributed by atoms with Crippen molar-refractivity contribution in [3.05, 3.63) is 124 Å². The Balaban J connectivity index is 1.21. The zero-order valence-electron chi connectivity index (χ0n) is 26.6. The molecular formula is C36H36F3N5O3. The Morgan fingerprint density at radius 3 is 2.23 bits per heavy atom. The Kier molecular flexibility index (Phi) is 10.1. The normalized spacial score (nSPS) is 13.8. The molecule has 1 aromatic heterocycles. The number of carbonyl (C=O) groups is 3. The number of piperazine rings is 1. The molecule has 1 aliphatic rings. The van der Waals surface area contributed by atoms with Crippen LogP contribution in [0.25, 0.3) is 0 Å². The van der Waals surface area contributed by atoms with Gasteiger partial charge in [0.15, 0.2) is 5.78 Å². The van der Waals surface area contributed by atoms with Crippen molar-refractivity contribution in [2.75, 3.05) is 45.2 Å². The maximum atomic E-state index is 13.3. The third-order valence-electron chi connectivity index (χ3n) is 8.44. The summed E-state index contributed by atoms with van der Waals surface area (Å²) in [5.74, 6) is -0.224. The molecule has 3 aromatic carbocycles. The van der Waals surface area contributed by atoms with Gasteiger partial charge in [-0.2, -0.15) is 13.2 Å². The topological polar surface area (TPSA) is 86.7 Å². The SMILES string of the molecule is Cc1ccc(CC(=O)c2cccc(C(F)(F)F)c2)cc1CC(=O)N(C)c1cc(Cc2ccc(C(=O)N3CCN(C)CC3)cc2)ncn1. The van der Waals surface area contributed by atoms with Crippen molar-refractivity contribution in [2.24, 2.45) is 0 Å². The lowest BCUT2D eigenvalue weighted by Crippen LogP contribution is -2.47. The fraction of sp³-hybridized carbons (Fsp3) is 0.306. The summed E-state index contributed by atoms with van der Waals surface area (Å²) in [5.41, 5.74) is 3.57. The number of halogens is 3. The number of nitrogens with zero attached hydrogens (tertiary/aromatic N) is 5. The number of aryl methyl sites for hydroxylation is 1. The minimum absolute atomic E-state index is 0.0209. The predicted octanol–water partition coefficient (Wildman–Crippen LogP) is 5.41. The number of aromatic nitrogens is 2. The van der Waals surface area contributed by atoms with Gasteiger partial charge in [-0.1, -0.05) is 42.5 Å². The number of anilines is 1. The lowest BCUT2D eigenvalue weighted by molar-refractivity contribution is -0.137. The summed E-state index contributed by atoms with van der Waals surface area (Å²) >= 11 is 0. The molecule has 0 radical (unpaired) electrons. The van der Waals surface area contributed by atoms with Crippen molar-refractivity contribution in [3.8, 4) is 0 Å². The Hall–Kier alpha value is -4.90. The van der Waals surface area contributed by atoms with Gasteiger partial charge in [-0.25, -0.2) is 9.97 Å². The highest BCUT2D eigenvalue weighted by atomic mass is 19.4. The van der Waals surface area contributed by atoms with E-state index < -0.39 is 17.5 Å². The zero-order chi connectivity index (χ0) is 33.7. The van der Waals surface area contributed by atoms with Crippen LogP contribution in [0.3, 0.4) is 0 Å². The van der Waals surface area contributed by atoms with Crippen LogP contribution in [0.1, 0.15) is 54.2 Å². The highest BCUT2D eigenvalue weighted by Gasteiger charge is 2.31. The Morgan fingerprint density at radius 1 is 0.830 bits per heavy atom. The molecule has 0 atom stereocenters. The average molecular weight is 644 g/mol. The molecule has 244 valence electrons. The Morgan fingerprint density at radius 2 is 1.53 bits per heavy atom. The van der Waals surface area contributed by atoms with Crippen LogP contribution < -0.4 is 4.90 Å². The second-order valence-corrected chi connectivity index (χ2v) is 11.9. The first-order chi connectivity index (χ1) is 22.4. The van der Waals surface area contributed by atoms with Crippen LogP contribution in [0.15, 0.2) is 79.1 Å². The Labute approximate surface area is 271 Å². The molecule has 2 heterocycles. The highest BCUT2D eigenvalue weighted by molar-refractivity contribution is 5.98. The number of amides is 2. The largest absolute Gasteiger partial charge is 0.416 e.